The van der Waals surface area contributed by atoms with Crippen LogP contribution in [0.1, 0.15) is 44.9 Å². The highest BCUT2D eigenvalue weighted by Crippen LogP contribution is 2.41. The van der Waals surface area contributed by atoms with Crippen LogP contribution in [0.3, 0.4) is 0 Å². The van der Waals surface area contributed by atoms with Gasteiger partial charge in [0.25, 0.3) is 0 Å². The van der Waals surface area contributed by atoms with Crippen LogP contribution in [0.5, 0.6) is 0 Å². The van der Waals surface area contributed by atoms with Gasteiger partial charge in [-0.1, -0.05) is 0 Å². The van der Waals surface area contributed by atoms with Crippen LogP contribution in [0, 0.1) is 11.8 Å². The Kier molecular flexibility index (Phi) is 5.17. The number of piperidine rings is 2. The molecule has 1 spiro atoms. The van der Waals surface area contributed by atoms with Crippen LogP contribution in [0.2, 0.25) is 0 Å². The quantitative estimate of drug-likeness (QED) is 0.772. The second-order valence-corrected chi connectivity index (χ2v) is 9.06. The number of likely N-dealkylation sites (tertiary alicyclic amines) is 3. The first-order chi connectivity index (χ1) is 11.7. The Hall–Kier alpha value is -0.200. The van der Waals surface area contributed by atoms with Crippen molar-refractivity contribution in [1.29, 1.82) is 0 Å². The van der Waals surface area contributed by atoms with E-state index >= 15 is 0 Å². The summed E-state index contributed by atoms with van der Waals surface area (Å²) in [7, 11) is 2.27. The fraction of sp³-hybridized carbons (Fsp3) is 1.00. The molecule has 3 heterocycles. The standard InChI is InChI=1S/C19H36N4O/c1-21-9-4-19(5-10-21)6-11-23(19)15-16-2-7-22(8-3-16)14-17-12-18(13-17)24-20/h16-18H,2-15,20H2,1H3. The lowest BCUT2D eigenvalue weighted by Gasteiger charge is -2.57. The fourth-order valence-corrected chi connectivity index (χ4v) is 5.44. The van der Waals surface area contributed by atoms with Crippen molar-refractivity contribution in [3.8, 4) is 0 Å². The zero-order valence-electron chi connectivity index (χ0n) is 15.5. The molecule has 5 nitrogen and oxygen atoms in total. The Morgan fingerprint density at radius 3 is 2.17 bits per heavy atom. The van der Waals surface area contributed by atoms with Gasteiger partial charge >= 0.3 is 0 Å². The van der Waals surface area contributed by atoms with Crippen molar-refractivity contribution in [3.05, 3.63) is 0 Å². The molecule has 2 N–H and O–H groups in total. The van der Waals surface area contributed by atoms with Gasteiger partial charge in [0, 0.05) is 25.2 Å². The molecule has 0 aromatic carbocycles. The average Bonchev–Trinajstić information content (AvgIpc) is 2.56. The molecule has 0 aromatic rings. The van der Waals surface area contributed by atoms with E-state index in [0.29, 0.717) is 11.6 Å². The molecule has 138 valence electrons. The summed E-state index contributed by atoms with van der Waals surface area (Å²) in [6.45, 7) is 9.19. The zero-order valence-corrected chi connectivity index (χ0v) is 15.5. The normalized spacial score (nSPS) is 35.8. The van der Waals surface area contributed by atoms with E-state index in [-0.39, 0.29) is 0 Å². The maximum Gasteiger partial charge on any atom is 0.0793 e. The van der Waals surface area contributed by atoms with Gasteiger partial charge in [-0.05, 0) is 90.0 Å². The van der Waals surface area contributed by atoms with Crippen LogP contribution in [0.4, 0.5) is 0 Å². The first-order valence-electron chi connectivity index (χ1n) is 10.2. The molecule has 0 bridgehead atoms. The first-order valence-corrected chi connectivity index (χ1v) is 10.2. The van der Waals surface area contributed by atoms with Crippen LogP contribution in [-0.4, -0.2) is 79.2 Å². The Morgan fingerprint density at radius 2 is 1.58 bits per heavy atom. The molecular weight excluding hydrogens is 300 g/mol. The van der Waals surface area contributed by atoms with Crippen molar-refractivity contribution in [2.24, 2.45) is 17.7 Å². The molecule has 4 rings (SSSR count). The van der Waals surface area contributed by atoms with Crippen LogP contribution in [-0.2, 0) is 4.84 Å². The van der Waals surface area contributed by atoms with E-state index in [9.17, 15) is 0 Å². The van der Waals surface area contributed by atoms with E-state index in [1.165, 1.54) is 90.8 Å². The van der Waals surface area contributed by atoms with E-state index in [4.69, 9.17) is 10.7 Å². The monoisotopic (exact) mass is 336 g/mol. The Morgan fingerprint density at radius 1 is 0.917 bits per heavy atom. The van der Waals surface area contributed by atoms with Crippen molar-refractivity contribution < 1.29 is 4.84 Å². The molecule has 4 fully saturated rings. The van der Waals surface area contributed by atoms with Crippen molar-refractivity contribution in [3.63, 3.8) is 0 Å². The molecule has 5 heteroatoms. The third-order valence-electron chi connectivity index (χ3n) is 7.52. The predicted molar refractivity (Wildman–Crippen MR) is 96.6 cm³/mol. The van der Waals surface area contributed by atoms with Gasteiger partial charge in [-0.25, -0.2) is 5.90 Å². The number of nitrogens with zero attached hydrogens (tertiary/aromatic N) is 3. The van der Waals surface area contributed by atoms with Crippen LogP contribution < -0.4 is 5.90 Å². The van der Waals surface area contributed by atoms with E-state index in [1.54, 1.807) is 0 Å². The minimum absolute atomic E-state index is 0.338. The van der Waals surface area contributed by atoms with Gasteiger partial charge in [0.15, 0.2) is 0 Å². The number of hydrogen-bond acceptors (Lipinski definition) is 5. The highest BCUT2D eigenvalue weighted by Gasteiger charge is 2.46. The third kappa shape index (κ3) is 3.51. The molecule has 0 amide bonds. The summed E-state index contributed by atoms with van der Waals surface area (Å²) in [4.78, 5) is 13.0. The van der Waals surface area contributed by atoms with Gasteiger partial charge in [-0.15, -0.1) is 0 Å². The second kappa shape index (κ2) is 7.20. The number of rotatable bonds is 5. The minimum atomic E-state index is 0.338. The largest absolute Gasteiger partial charge is 0.306 e. The van der Waals surface area contributed by atoms with Crippen molar-refractivity contribution in [1.82, 2.24) is 14.7 Å². The molecule has 0 radical (unpaired) electrons. The summed E-state index contributed by atoms with van der Waals surface area (Å²) in [6.07, 6.45) is 9.72. The number of hydrogen-bond donors (Lipinski definition) is 1. The summed E-state index contributed by atoms with van der Waals surface area (Å²) in [5, 5.41) is 0. The molecule has 0 unspecified atom stereocenters. The molecule has 1 aliphatic carbocycles. The van der Waals surface area contributed by atoms with E-state index in [0.717, 1.165) is 11.8 Å². The van der Waals surface area contributed by atoms with E-state index < -0.39 is 0 Å². The Bertz CT molecular complexity index is 410. The van der Waals surface area contributed by atoms with Crippen LogP contribution in [0.15, 0.2) is 0 Å². The highest BCUT2D eigenvalue weighted by atomic mass is 16.6. The Labute approximate surface area is 147 Å². The fourth-order valence-electron chi connectivity index (χ4n) is 5.44. The zero-order chi connectivity index (χ0) is 16.6. The summed E-state index contributed by atoms with van der Waals surface area (Å²) >= 11 is 0. The topological polar surface area (TPSA) is 45.0 Å². The van der Waals surface area contributed by atoms with Crippen molar-refractivity contribution in [2.75, 3.05) is 52.9 Å². The second-order valence-electron chi connectivity index (χ2n) is 9.06. The molecule has 4 aliphatic rings. The van der Waals surface area contributed by atoms with E-state index in [1.807, 2.05) is 0 Å². The molecule has 24 heavy (non-hydrogen) atoms. The predicted octanol–water partition coefficient (Wildman–Crippen LogP) is 1.54. The highest BCUT2D eigenvalue weighted by molar-refractivity contribution is 5.03. The molecule has 0 atom stereocenters. The van der Waals surface area contributed by atoms with Gasteiger partial charge in [-0.2, -0.15) is 0 Å². The molecular formula is C19H36N4O. The van der Waals surface area contributed by atoms with E-state index in [2.05, 4.69) is 21.7 Å². The minimum Gasteiger partial charge on any atom is -0.306 e. The smallest absolute Gasteiger partial charge is 0.0793 e. The molecule has 0 aromatic heterocycles. The molecule has 1 saturated carbocycles. The summed E-state index contributed by atoms with van der Waals surface area (Å²) in [5.41, 5.74) is 0.590. The average molecular weight is 337 g/mol. The SMILES string of the molecule is CN1CCC2(CC1)CCN2CC1CCN(CC2CC(ON)C2)CC1. The van der Waals surface area contributed by atoms with Crippen molar-refractivity contribution >= 4 is 0 Å². The Balaban J connectivity index is 1.17. The summed E-state index contributed by atoms with van der Waals surface area (Å²) < 4.78 is 0. The van der Waals surface area contributed by atoms with Gasteiger partial charge in [0.2, 0.25) is 0 Å². The lowest BCUT2D eigenvalue weighted by molar-refractivity contribution is -0.0700. The molecule has 3 aliphatic heterocycles. The maximum atomic E-state index is 5.26. The lowest BCUT2D eigenvalue weighted by atomic mass is 9.75. The van der Waals surface area contributed by atoms with Crippen LogP contribution in [0.25, 0.3) is 0 Å². The van der Waals surface area contributed by atoms with Gasteiger partial charge in [-0.3, -0.25) is 4.90 Å². The van der Waals surface area contributed by atoms with Gasteiger partial charge in [0.1, 0.15) is 0 Å². The number of nitrogens with two attached hydrogens (primary N) is 1. The van der Waals surface area contributed by atoms with Gasteiger partial charge in [0.05, 0.1) is 6.10 Å². The first kappa shape index (κ1) is 17.2. The third-order valence-corrected chi connectivity index (χ3v) is 7.52. The van der Waals surface area contributed by atoms with Gasteiger partial charge < -0.3 is 14.6 Å². The molecule has 3 saturated heterocycles. The van der Waals surface area contributed by atoms with Crippen LogP contribution >= 0.6 is 0 Å². The van der Waals surface area contributed by atoms with Crippen molar-refractivity contribution in [2.45, 2.75) is 56.6 Å². The summed E-state index contributed by atoms with van der Waals surface area (Å²) in [5.74, 6) is 7.02. The summed E-state index contributed by atoms with van der Waals surface area (Å²) in [6, 6.07) is 0. The maximum absolute atomic E-state index is 5.26. The lowest BCUT2D eigenvalue weighted by Crippen LogP contribution is -2.64.